The van der Waals surface area contributed by atoms with E-state index in [0.717, 1.165) is 22.9 Å². The lowest BCUT2D eigenvalue weighted by atomic mass is 9.87. The minimum absolute atomic E-state index is 0.00477. The van der Waals surface area contributed by atoms with Crippen LogP contribution in [0.5, 0.6) is 34.5 Å². The number of nitrogens with one attached hydrogen (secondary N) is 3. The Labute approximate surface area is 416 Å². The molecular weight excluding hydrogens is 991 g/mol. The number of aryl methyl sites for hydroxylation is 3. The molecular formula is C43H54BBrN16O10. The molecule has 3 aromatic carbocycles. The Balaban J connectivity index is 0.000000204. The molecule has 0 radical (unpaired) electrons. The number of benzene rings is 3. The maximum atomic E-state index is 12.4. The van der Waals surface area contributed by atoms with Gasteiger partial charge in [-0.1, -0.05) is 0 Å². The van der Waals surface area contributed by atoms with Crippen LogP contribution in [0.3, 0.4) is 0 Å². The zero-order valence-corrected chi connectivity index (χ0v) is 42.0. The van der Waals surface area contributed by atoms with Gasteiger partial charge in [0.1, 0.15) is 34.2 Å². The number of halogens is 1. The van der Waals surface area contributed by atoms with E-state index in [0.29, 0.717) is 74.2 Å². The van der Waals surface area contributed by atoms with E-state index in [4.69, 9.17) is 49.9 Å². The van der Waals surface area contributed by atoms with Gasteiger partial charge in [-0.2, -0.15) is 45.0 Å². The largest absolute Gasteiger partial charge is 0.511 e. The summed E-state index contributed by atoms with van der Waals surface area (Å²) >= 11 is 3.31. The molecule has 71 heavy (non-hydrogen) atoms. The van der Waals surface area contributed by atoms with Crippen molar-refractivity contribution in [3.05, 3.63) is 71.2 Å². The van der Waals surface area contributed by atoms with E-state index in [1.165, 1.54) is 34.7 Å². The second-order valence-electron chi connectivity index (χ2n) is 14.8. The second kappa shape index (κ2) is 24.9. The molecule has 1 fully saturated rings. The second-order valence-corrected chi connectivity index (χ2v) is 15.7. The maximum absolute atomic E-state index is 12.4. The number of nitrogen functional groups attached to an aromatic ring is 2. The zero-order valence-electron chi connectivity index (χ0n) is 40.5. The molecule has 0 spiro atoms. The van der Waals surface area contributed by atoms with Crippen LogP contribution in [0.4, 0.5) is 28.6 Å². The molecule has 7 aromatic rings. The van der Waals surface area contributed by atoms with Gasteiger partial charge in [-0.15, -0.1) is 10.2 Å². The quantitative estimate of drug-likeness (QED) is 0.0607. The molecule has 0 bridgehead atoms. The minimum atomic E-state index is -1.52. The SMILES string of the molecule is CNC(=O)c1nnc(NC(=O)C2CC2)cc1Nc1cc(OC)cc(-c2cnn(C)n2)c1OC.COc1cc(N)c(OC)c(-c2cnn(C)n2)c1.COc1cc(N)c(OC)c(Br)c1.Cn1ncc(B(O)O)n1. The Morgan fingerprint density at radius 2 is 1.17 bits per heavy atom. The Morgan fingerprint density at radius 3 is 1.61 bits per heavy atom. The Bertz CT molecular complexity index is 2910. The van der Waals surface area contributed by atoms with Crippen molar-refractivity contribution in [3.8, 4) is 57.0 Å². The number of amides is 2. The molecule has 1 aliphatic rings. The van der Waals surface area contributed by atoms with Crippen molar-refractivity contribution in [1.82, 2.24) is 60.5 Å². The van der Waals surface area contributed by atoms with Gasteiger partial charge in [0.2, 0.25) is 5.91 Å². The first-order valence-corrected chi connectivity index (χ1v) is 21.8. The van der Waals surface area contributed by atoms with Crippen LogP contribution in [-0.4, -0.2) is 134 Å². The van der Waals surface area contributed by atoms with Crippen LogP contribution in [0.15, 0.2) is 65.5 Å². The van der Waals surface area contributed by atoms with Crippen molar-refractivity contribution >= 4 is 69.0 Å². The number of rotatable bonds is 14. The first kappa shape index (κ1) is 53.7. The molecule has 1 aliphatic carbocycles. The first-order valence-electron chi connectivity index (χ1n) is 21.1. The predicted molar refractivity (Wildman–Crippen MR) is 266 cm³/mol. The highest BCUT2D eigenvalue weighted by atomic mass is 79.9. The number of carbonyl (C=O) groups excluding carboxylic acids is 2. The molecule has 0 aliphatic heterocycles. The molecule has 4 aromatic heterocycles. The summed E-state index contributed by atoms with van der Waals surface area (Å²) in [4.78, 5) is 28.8. The van der Waals surface area contributed by atoms with Crippen molar-refractivity contribution in [2.24, 2.45) is 27.1 Å². The van der Waals surface area contributed by atoms with Gasteiger partial charge in [-0.3, -0.25) is 9.59 Å². The van der Waals surface area contributed by atoms with E-state index in [2.05, 4.69) is 72.7 Å². The molecule has 28 heteroatoms. The van der Waals surface area contributed by atoms with Crippen molar-refractivity contribution < 1.29 is 48.1 Å². The number of nitrogens with two attached hydrogens (primary N) is 2. The smallest absolute Gasteiger partial charge is 0.497 e. The summed E-state index contributed by atoms with van der Waals surface area (Å²) in [6, 6.07) is 12.1. The predicted octanol–water partition coefficient (Wildman–Crippen LogP) is 2.37. The molecule has 26 nitrogen and oxygen atoms in total. The first-order chi connectivity index (χ1) is 34.0. The normalized spacial score (nSPS) is 11.2. The third-order valence-electron chi connectivity index (χ3n) is 9.86. The fourth-order valence-corrected chi connectivity index (χ4v) is 6.89. The van der Waals surface area contributed by atoms with Crippen molar-refractivity contribution in [3.63, 3.8) is 0 Å². The van der Waals surface area contributed by atoms with E-state index >= 15 is 0 Å². The van der Waals surface area contributed by atoms with Gasteiger partial charge in [-0.05, 0) is 47.0 Å². The maximum Gasteiger partial charge on any atom is 0.511 e. The standard InChI is InChI=1S/C21H24N8O4.C11H14N4O2.C8H10BrNO2.C3H6BN3O2/c1-22-21(31)18-14(9-17(26-27-18)25-20(30)11-5-6-11)24-15-8-12(32-3)7-13(19(15)33-4)16-10-23-29(2)28-16;1-15-13-6-10(14-15)8-4-7(16-2)5-9(12)11(8)17-3;1-11-5-3-6(9)8(12-2)7(10)4-5;1-7-5-2-3(6-7)4(8)9/h7-11H,5-6H2,1-4H3,(H,22,31)(H2,24,25,26,30);4-6H,12H2,1-3H3;3-4H,10H2,1-2H3;2,8-9H,1H3. The molecule has 0 saturated heterocycles. The van der Waals surface area contributed by atoms with Crippen LogP contribution in [0.2, 0.25) is 0 Å². The molecule has 9 N–H and O–H groups in total. The number of carbonyl (C=O) groups is 2. The van der Waals surface area contributed by atoms with Crippen LogP contribution in [0, 0.1) is 5.92 Å². The molecule has 4 heterocycles. The summed E-state index contributed by atoms with van der Waals surface area (Å²) in [5.41, 5.74) is 16.3. The lowest BCUT2D eigenvalue weighted by Crippen LogP contribution is -2.31. The van der Waals surface area contributed by atoms with Crippen LogP contribution in [-0.2, 0) is 25.9 Å². The fraction of sp³-hybridized carbons (Fsp3) is 0.302. The minimum Gasteiger partial charge on any atom is -0.497 e. The molecule has 376 valence electrons. The summed E-state index contributed by atoms with van der Waals surface area (Å²) in [6.07, 6.45) is 6.26. The van der Waals surface area contributed by atoms with E-state index < -0.39 is 13.0 Å². The summed E-state index contributed by atoms with van der Waals surface area (Å²) in [7, 11) is 14.4. The number of ether oxygens (including phenoxy) is 6. The van der Waals surface area contributed by atoms with Crippen LogP contribution in [0.25, 0.3) is 22.5 Å². The lowest BCUT2D eigenvalue weighted by molar-refractivity contribution is -0.117. The van der Waals surface area contributed by atoms with E-state index in [-0.39, 0.29) is 28.9 Å². The van der Waals surface area contributed by atoms with Gasteiger partial charge >= 0.3 is 7.12 Å². The number of aromatic nitrogens is 11. The number of anilines is 5. The Morgan fingerprint density at radius 1 is 0.662 bits per heavy atom. The zero-order chi connectivity index (χ0) is 51.9. The average molecular weight is 1050 g/mol. The topological polar surface area (TPSA) is 336 Å². The van der Waals surface area contributed by atoms with Crippen molar-refractivity contribution in [2.45, 2.75) is 12.8 Å². The van der Waals surface area contributed by atoms with Crippen LogP contribution < -0.4 is 61.4 Å². The highest BCUT2D eigenvalue weighted by Gasteiger charge is 2.30. The van der Waals surface area contributed by atoms with Crippen molar-refractivity contribution in [1.29, 1.82) is 0 Å². The van der Waals surface area contributed by atoms with Gasteiger partial charge in [0, 0.05) is 58.4 Å². The fourth-order valence-electron chi connectivity index (χ4n) is 6.28. The van der Waals surface area contributed by atoms with Crippen LogP contribution in [0.1, 0.15) is 23.3 Å². The molecule has 0 atom stereocenters. The van der Waals surface area contributed by atoms with E-state index in [9.17, 15) is 9.59 Å². The number of nitrogens with zero attached hydrogens (tertiary/aromatic N) is 11. The summed E-state index contributed by atoms with van der Waals surface area (Å²) in [5, 5.41) is 57.4. The lowest BCUT2D eigenvalue weighted by Gasteiger charge is -2.17. The summed E-state index contributed by atoms with van der Waals surface area (Å²) in [6.45, 7) is 0. The van der Waals surface area contributed by atoms with E-state index in [1.54, 1.807) is 105 Å². The summed E-state index contributed by atoms with van der Waals surface area (Å²) in [5.74, 6) is 3.23. The highest BCUT2D eigenvalue weighted by molar-refractivity contribution is 9.10. The number of hydrogen-bond donors (Lipinski definition) is 7. The van der Waals surface area contributed by atoms with Crippen molar-refractivity contribution in [2.75, 3.05) is 71.8 Å². The monoisotopic (exact) mass is 1040 g/mol. The van der Waals surface area contributed by atoms with Gasteiger partial charge in [0.05, 0.1) is 99.6 Å². The molecule has 8 rings (SSSR count). The highest BCUT2D eigenvalue weighted by Crippen LogP contribution is 2.42. The summed E-state index contributed by atoms with van der Waals surface area (Å²) < 4.78 is 32.4. The third kappa shape index (κ3) is 14.2. The molecule has 0 unspecified atom stereocenters. The van der Waals surface area contributed by atoms with E-state index in [1.807, 2.05) is 6.07 Å². The average Bonchev–Trinajstić information content (AvgIpc) is 3.73. The Hall–Kier alpha value is -8.24. The molecule has 1 saturated carbocycles. The molecule has 2 amide bonds. The number of hydrogen-bond acceptors (Lipinski definition) is 21. The van der Waals surface area contributed by atoms with Gasteiger partial charge in [-0.25, -0.2) is 0 Å². The number of methoxy groups -OCH3 is 6. The third-order valence-corrected chi connectivity index (χ3v) is 10.4. The Kier molecular flexibility index (Phi) is 18.8. The van der Waals surface area contributed by atoms with Gasteiger partial charge in [0.15, 0.2) is 28.8 Å². The van der Waals surface area contributed by atoms with Gasteiger partial charge < -0.3 is 65.9 Å². The van der Waals surface area contributed by atoms with Gasteiger partial charge in [0.25, 0.3) is 5.91 Å². The van der Waals surface area contributed by atoms with Crippen LogP contribution >= 0.6 is 15.9 Å².